The van der Waals surface area contributed by atoms with Gasteiger partial charge in [-0.1, -0.05) is 34.1 Å². The Bertz CT molecular complexity index is 153. The van der Waals surface area contributed by atoms with E-state index >= 15 is 0 Å². The van der Waals surface area contributed by atoms with Crippen molar-refractivity contribution in [3.63, 3.8) is 0 Å². The van der Waals surface area contributed by atoms with Gasteiger partial charge in [0.1, 0.15) is 0 Å². The zero-order chi connectivity index (χ0) is 10.7. The summed E-state index contributed by atoms with van der Waals surface area (Å²) in [6, 6.07) is 0. The van der Waals surface area contributed by atoms with Gasteiger partial charge in [0.05, 0.1) is 0 Å². The minimum atomic E-state index is 0.862. The quantitative estimate of drug-likeness (QED) is 0.688. The zero-order valence-electron chi connectivity index (χ0n) is 10.3. The fourth-order valence-electron chi connectivity index (χ4n) is 3.27. The van der Waals surface area contributed by atoms with E-state index in [9.17, 15) is 0 Å². The van der Waals surface area contributed by atoms with Crippen molar-refractivity contribution in [3.05, 3.63) is 0 Å². The SMILES string of the molecule is CC1C(C)C(C)C(CCCCN)C1C. The molecule has 0 spiro atoms. The maximum atomic E-state index is 5.54. The van der Waals surface area contributed by atoms with Crippen molar-refractivity contribution in [2.75, 3.05) is 6.54 Å². The lowest BCUT2D eigenvalue weighted by atomic mass is 9.85. The van der Waals surface area contributed by atoms with E-state index in [1.165, 1.54) is 19.3 Å². The fourth-order valence-corrected chi connectivity index (χ4v) is 3.27. The van der Waals surface area contributed by atoms with Crippen molar-refractivity contribution in [3.8, 4) is 0 Å². The third kappa shape index (κ3) is 2.31. The van der Waals surface area contributed by atoms with Crippen molar-refractivity contribution >= 4 is 0 Å². The van der Waals surface area contributed by atoms with Crippen LogP contribution in [-0.2, 0) is 0 Å². The average molecular weight is 197 g/mol. The van der Waals surface area contributed by atoms with Gasteiger partial charge in [0, 0.05) is 0 Å². The third-order valence-electron chi connectivity index (χ3n) is 4.83. The van der Waals surface area contributed by atoms with Gasteiger partial charge in [0.2, 0.25) is 0 Å². The van der Waals surface area contributed by atoms with E-state index in [1.807, 2.05) is 0 Å². The topological polar surface area (TPSA) is 26.0 Å². The normalized spacial score (nSPS) is 43.1. The summed E-state index contributed by atoms with van der Waals surface area (Å²) in [7, 11) is 0. The highest BCUT2D eigenvalue weighted by atomic mass is 14.5. The number of hydrogen-bond acceptors (Lipinski definition) is 1. The van der Waals surface area contributed by atoms with Crippen LogP contribution in [0.15, 0.2) is 0 Å². The van der Waals surface area contributed by atoms with E-state index in [4.69, 9.17) is 5.73 Å². The molecule has 0 saturated heterocycles. The van der Waals surface area contributed by atoms with Gasteiger partial charge >= 0.3 is 0 Å². The molecule has 1 rings (SSSR count). The van der Waals surface area contributed by atoms with Crippen molar-refractivity contribution in [2.24, 2.45) is 35.3 Å². The van der Waals surface area contributed by atoms with E-state index in [2.05, 4.69) is 27.7 Å². The van der Waals surface area contributed by atoms with Crippen LogP contribution in [-0.4, -0.2) is 6.54 Å². The highest BCUT2D eigenvalue weighted by Gasteiger charge is 2.40. The maximum absolute atomic E-state index is 5.54. The van der Waals surface area contributed by atoms with E-state index in [0.717, 1.165) is 36.1 Å². The molecule has 0 aromatic heterocycles. The van der Waals surface area contributed by atoms with Gasteiger partial charge in [0.25, 0.3) is 0 Å². The van der Waals surface area contributed by atoms with Crippen LogP contribution >= 0.6 is 0 Å². The van der Waals surface area contributed by atoms with E-state index in [-0.39, 0.29) is 0 Å². The van der Waals surface area contributed by atoms with Crippen LogP contribution in [0.1, 0.15) is 47.0 Å². The van der Waals surface area contributed by atoms with Crippen LogP contribution in [0.25, 0.3) is 0 Å². The second kappa shape index (κ2) is 5.16. The molecule has 1 saturated carbocycles. The monoisotopic (exact) mass is 197 g/mol. The Hall–Kier alpha value is -0.0400. The van der Waals surface area contributed by atoms with Crippen molar-refractivity contribution < 1.29 is 0 Å². The highest BCUT2D eigenvalue weighted by Crippen LogP contribution is 2.47. The Balaban J connectivity index is 2.43. The number of nitrogens with two attached hydrogens (primary N) is 1. The summed E-state index contributed by atoms with van der Waals surface area (Å²) in [5.74, 6) is 4.60. The summed E-state index contributed by atoms with van der Waals surface area (Å²) in [4.78, 5) is 0. The minimum Gasteiger partial charge on any atom is -0.330 e. The number of unbranched alkanes of at least 4 members (excludes halogenated alkanes) is 1. The molecule has 0 amide bonds. The molecule has 0 bridgehead atoms. The molecule has 1 heteroatoms. The zero-order valence-corrected chi connectivity index (χ0v) is 10.3. The van der Waals surface area contributed by atoms with E-state index in [1.54, 1.807) is 0 Å². The molecular formula is C13H27N. The van der Waals surface area contributed by atoms with Crippen molar-refractivity contribution in [1.29, 1.82) is 0 Å². The van der Waals surface area contributed by atoms with Gasteiger partial charge in [-0.15, -0.1) is 0 Å². The third-order valence-corrected chi connectivity index (χ3v) is 4.83. The standard InChI is InChI=1S/C13H27N/c1-9-10(2)12(4)13(11(9)3)7-5-6-8-14/h9-13H,5-8,14H2,1-4H3. The lowest BCUT2D eigenvalue weighted by molar-refractivity contribution is 0.292. The average Bonchev–Trinajstić information content (AvgIpc) is 2.35. The lowest BCUT2D eigenvalue weighted by Crippen LogP contribution is -2.13. The fraction of sp³-hybridized carbons (Fsp3) is 1.00. The summed E-state index contributed by atoms with van der Waals surface area (Å²) in [5, 5.41) is 0. The molecular weight excluding hydrogens is 170 g/mol. The smallest absolute Gasteiger partial charge is 0.00773 e. The van der Waals surface area contributed by atoms with Gasteiger partial charge in [0.15, 0.2) is 0 Å². The predicted molar refractivity (Wildman–Crippen MR) is 63.1 cm³/mol. The summed E-state index contributed by atoms with van der Waals surface area (Å²) in [5.41, 5.74) is 5.54. The molecule has 1 aliphatic carbocycles. The summed E-state index contributed by atoms with van der Waals surface area (Å²) in [6.07, 6.45) is 3.93. The van der Waals surface area contributed by atoms with E-state index in [0.29, 0.717) is 0 Å². The first-order chi connectivity index (χ1) is 6.59. The van der Waals surface area contributed by atoms with Gasteiger partial charge in [-0.2, -0.15) is 0 Å². The molecule has 0 aromatic rings. The molecule has 0 heterocycles. The van der Waals surface area contributed by atoms with Crippen molar-refractivity contribution in [1.82, 2.24) is 0 Å². The molecule has 14 heavy (non-hydrogen) atoms. The number of hydrogen-bond donors (Lipinski definition) is 1. The van der Waals surface area contributed by atoms with Crippen LogP contribution in [0.5, 0.6) is 0 Å². The van der Waals surface area contributed by atoms with Crippen LogP contribution in [0, 0.1) is 29.6 Å². The van der Waals surface area contributed by atoms with Crippen LogP contribution in [0.2, 0.25) is 0 Å². The molecule has 0 radical (unpaired) electrons. The van der Waals surface area contributed by atoms with Crippen LogP contribution < -0.4 is 5.73 Å². The van der Waals surface area contributed by atoms with Gasteiger partial charge in [-0.25, -0.2) is 0 Å². The molecule has 4 unspecified atom stereocenters. The largest absolute Gasteiger partial charge is 0.330 e. The lowest BCUT2D eigenvalue weighted by Gasteiger charge is -2.21. The summed E-state index contributed by atoms with van der Waals surface area (Å²) < 4.78 is 0. The summed E-state index contributed by atoms with van der Waals surface area (Å²) in [6.45, 7) is 10.6. The molecule has 1 fully saturated rings. The first-order valence-electron chi connectivity index (χ1n) is 6.29. The molecule has 0 aromatic carbocycles. The Morgan fingerprint density at radius 1 is 0.786 bits per heavy atom. The van der Waals surface area contributed by atoms with Gasteiger partial charge < -0.3 is 5.73 Å². The van der Waals surface area contributed by atoms with Crippen molar-refractivity contribution in [2.45, 2.75) is 47.0 Å². The molecule has 84 valence electrons. The van der Waals surface area contributed by atoms with Crippen LogP contribution in [0.3, 0.4) is 0 Å². The molecule has 4 atom stereocenters. The molecule has 2 N–H and O–H groups in total. The minimum absolute atomic E-state index is 0.862. The van der Waals surface area contributed by atoms with Gasteiger partial charge in [-0.05, 0) is 49.0 Å². The Kier molecular flexibility index (Phi) is 4.43. The van der Waals surface area contributed by atoms with Crippen LogP contribution in [0.4, 0.5) is 0 Å². The Labute approximate surface area is 89.5 Å². The maximum Gasteiger partial charge on any atom is -0.00773 e. The molecule has 1 nitrogen and oxygen atoms in total. The predicted octanol–water partition coefficient (Wildman–Crippen LogP) is 3.29. The second-order valence-electron chi connectivity index (χ2n) is 5.38. The molecule has 0 aliphatic heterocycles. The first kappa shape index (κ1) is 12.0. The summed E-state index contributed by atoms with van der Waals surface area (Å²) >= 11 is 0. The highest BCUT2D eigenvalue weighted by molar-refractivity contribution is 4.89. The molecule has 1 aliphatic rings. The Morgan fingerprint density at radius 3 is 1.71 bits per heavy atom. The number of rotatable bonds is 4. The van der Waals surface area contributed by atoms with E-state index < -0.39 is 0 Å². The Morgan fingerprint density at radius 2 is 1.29 bits per heavy atom. The second-order valence-corrected chi connectivity index (χ2v) is 5.38. The van der Waals surface area contributed by atoms with Gasteiger partial charge in [-0.3, -0.25) is 0 Å². The first-order valence-corrected chi connectivity index (χ1v) is 6.29.